The molecular weight excluding hydrogens is 354 g/mol. The molecule has 0 radical (unpaired) electrons. The quantitative estimate of drug-likeness (QED) is 0.894. The zero-order valence-corrected chi connectivity index (χ0v) is 14.7. The van der Waals surface area contributed by atoms with E-state index >= 15 is 0 Å². The van der Waals surface area contributed by atoms with E-state index < -0.39 is 0 Å². The lowest BCUT2D eigenvalue weighted by atomic mass is 10.2. The highest BCUT2D eigenvalue weighted by Crippen LogP contribution is 2.27. The Bertz CT molecular complexity index is 679. The van der Waals surface area contributed by atoms with Crippen LogP contribution in [0.1, 0.15) is 10.4 Å². The summed E-state index contributed by atoms with van der Waals surface area (Å²) < 4.78 is 0.965. The third-order valence-electron chi connectivity index (χ3n) is 4.10. The second-order valence-electron chi connectivity index (χ2n) is 5.77. The summed E-state index contributed by atoms with van der Waals surface area (Å²) in [6.45, 7) is 4.02. The van der Waals surface area contributed by atoms with Gasteiger partial charge in [0, 0.05) is 36.2 Å². The molecule has 5 heteroatoms. The van der Waals surface area contributed by atoms with Gasteiger partial charge in [0.25, 0.3) is 5.91 Å². The van der Waals surface area contributed by atoms with Crippen LogP contribution < -0.4 is 10.2 Å². The predicted octanol–water partition coefficient (Wildman–Crippen LogP) is 3.45. The molecule has 2 aromatic carbocycles. The van der Waals surface area contributed by atoms with E-state index in [1.807, 2.05) is 42.5 Å². The van der Waals surface area contributed by atoms with Crippen molar-refractivity contribution in [2.75, 3.05) is 43.4 Å². The number of nitrogens with one attached hydrogen (secondary N) is 1. The number of halogens is 1. The maximum atomic E-state index is 12.5. The average Bonchev–Trinajstić information content (AvgIpc) is 2.57. The van der Waals surface area contributed by atoms with Gasteiger partial charge in [-0.3, -0.25) is 4.79 Å². The largest absolute Gasteiger partial charge is 0.367 e. The van der Waals surface area contributed by atoms with E-state index in [1.165, 1.54) is 0 Å². The number of amides is 1. The van der Waals surface area contributed by atoms with E-state index in [0.717, 1.165) is 42.0 Å². The molecule has 1 fully saturated rings. The number of rotatable bonds is 3. The molecule has 1 saturated heterocycles. The van der Waals surface area contributed by atoms with Crippen LogP contribution in [0.4, 0.5) is 11.4 Å². The van der Waals surface area contributed by atoms with Crippen LogP contribution in [0.3, 0.4) is 0 Å². The fourth-order valence-corrected chi connectivity index (χ4v) is 2.96. The van der Waals surface area contributed by atoms with Gasteiger partial charge in [-0.1, -0.05) is 28.1 Å². The molecule has 1 aliphatic heterocycles. The van der Waals surface area contributed by atoms with Crippen LogP contribution in [0.15, 0.2) is 53.0 Å². The SMILES string of the molecule is CN1CCN(c2ccccc2NC(=O)c2ccc(Br)cc2)CC1. The van der Waals surface area contributed by atoms with Crippen LogP contribution in [0.2, 0.25) is 0 Å². The molecule has 1 aliphatic rings. The average molecular weight is 374 g/mol. The third-order valence-corrected chi connectivity index (χ3v) is 4.63. The molecule has 1 amide bonds. The second-order valence-corrected chi connectivity index (χ2v) is 6.68. The van der Waals surface area contributed by atoms with Gasteiger partial charge in [0.2, 0.25) is 0 Å². The standard InChI is InChI=1S/C18H20BrN3O/c1-21-10-12-22(13-11-21)17-5-3-2-4-16(17)20-18(23)14-6-8-15(19)9-7-14/h2-9H,10-13H2,1H3,(H,20,23). The highest BCUT2D eigenvalue weighted by Gasteiger charge is 2.18. The summed E-state index contributed by atoms with van der Waals surface area (Å²) in [6, 6.07) is 15.4. The molecule has 3 rings (SSSR count). The van der Waals surface area contributed by atoms with Gasteiger partial charge >= 0.3 is 0 Å². The van der Waals surface area contributed by atoms with Crippen LogP contribution >= 0.6 is 15.9 Å². The molecular formula is C18H20BrN3O. The molecule has 0 bridgehead atoms. The third kappa shape index (κ3) is 3.92. The number of anilines is 2. The fraction of sp³-hybridized carbons (Fsp3) is 0.278. The molecule has 0 aromatic heterocycles. The van der Waals surface area contributed by atoms with E-state index in [4.69, 9.17) is 0 Å². The number of carbonyl (C=O) groups is 1. The van der Waals surface area contributed by atoms with E-state index in [9.17, 15) is 4.79 Å². The number of carbonyl (C=O) groups excluding carboxylic acids is 1. The molecule has 0 spiro atoms. The van der Waals surface area contributed by atoms with Gasteiger partial charge in [-0.2, -0.15) is 0 Å². The number of nitrogens with zero attached hydrogens (tertiary/aromatic N) is 2. The molecule has 1 N–H and O–H groups in total. The molecule has 0 aliphatic carbocycles. The Labute approximate surface area is 145 Å². The summed E-state index contributed by atoms with van der Waals surface area (Å²) in [7, 11) is 2.14. The molecule has 2 aromatic rings. The summed E-state index contributed by atoms with van der Waals surface area (Å²) in [5.74, 6) is -0.0842. The highest BCUT2D eigenvalue weighted by molar-refractivity contribution is 9.10. The Balaban J connectivity index is 1.77. The first-order valence-corrected chi connectivity index (χ1v) is 8.52. The van der Waals surface area contributed by atoms with Crippen LogP contribution in [0.25, 0.3) is 0 Å². The van der Waals surface area contributed by atoms with Crippen molar-refractivity contribution in [3.63, 3.8) is 0 Å². The molecule has 4 nitrogen and oxygen atoms in total. The molecule has 1 heterocycles. The van der Waals surface area contributed by atoms with Gasteiger partial charge < -0.3 is 15.1 Å². The minimum Gasteiger partial charge on any atom is -0.367 e. The fourth-order valence-electron chi connectivity index (χ4n) is 2.70. The Kier molecular flexibility index (Phi) is 4.98. The van der Waals surface area contributed by atoms with Gasteiger partial charge in [0.15, 0.2) is 0 Å². The van der Waals surface area contributed by atoms with Crippen molar-refractivity contribution < 1.29 is 4.79 Å². The van der Waals surface area contributed by atoms with E-state index in [1.54, 1.807) is 0 Å². The first kappa shape index (κ1) is 16.0. The lowest BCUT2D eigenvalue weighted by molar-refractivity contribution is 0.102. The molecule has 0 unspecified atom stereocenters. The van der Waals surface area contributed by atoms with Crippen molar-refractivity contribution in [2.45, 2.75) is 0 Å². The van der Waals surface area contributed by atoms with E-state index in [0.29, 0.717) is 5.56 Å². The molecule has 0 saturated carbocycles. The van der Waals surface area contributed by atoms with Crippen molar-refractivity contribution in [3.05, 3.63) is 58.6 Å². The first-order chi connectivity index (χ1) is 11.1. The summed E-state index contributed by atoms with van der Waals surface area (Å²) in [5.41, 5.74) is 2.61. The summed E-state index contributed by atoms with van der Waals surface area (Å²) in [5, 5.41) is 3.05. The van der Waals surface area contributed by atoms with E-state index in [2.05, 4.69) is 44.2 Å². The maximum absolute atomic E-state index is 12.5. The second kappa shape index (κ2) is 7.15. The predicted molar refractivity (Wildman–Crippen MR) is 98.2 cm³/mol. The Morgan fingerprint density at radius 1 is 1.00 bits per heavy atom. The van der Waals surface area contributed by atoms with Crippen LogP contribution in [0.5, 0.6) is 0 Å². The molecule has 0 atom stereocenters. The van der Waals surface area contributed by atoms with Crippen molar-refractivity contribution in [1.82, 2.24) is 4.90 Å². The minimum atomic E-state index is -0.0842. The van der Waals surface area contributed by atoms with Gasteiger partial charge in [0.05, 0.1) is 11.4 Å². The number of piperazine rings is 1. The minimum absolute atomic E-state index is 0.0842. The monoisotopic (exact) mass is 373 g/mol. The maximum Gasteiger partial charge on any atom is 0.255 e. The Morgan fingerprint density at radius 3 is 2.35 bits per heavy atom. The smallest absolute Gasteiger partial charge is 0.255 e. The lowest BCUT2D eigenvalue weighted by Crippen LogP contribution is -2.44. The number of para-hydroxylation sites is 2. The van der Waals surface area contributed by atoms with Gasteiger partial charge in [-0.05, 0) is 43.4 Å². The first-order valence-electron chi connectivity index (χ1n) is 7.73. The normalized spacial score (nSPS) is 15.5. The number of hydrogen-bond acceptors (Lipinski definition) is 3. The van der Waals surface area contributed by atoms with Crippen molar-refractivity contribution in [2.24, 2.45) is 0 Å². The number of hydrogen-bond donors (Lipinski definition) is 1. The zero-order chi connectivity index (χ0) is 16.2. The summed E-state index contributed by atoms with van der Waals surface area (Å²) >= 11 is 3.39. The Morgan fingerprint density at radius 2 is 1.65 bits per heavy atom. The molecule has 23 heavy (non-hydrogen) atoms. The van der Waals surface area contributed by atoms with Crippen LogP contribution in [-0.2, 0) is 0 Å². The lowest BCUT2D eigenvalue weighted by Gasteiger charge is -2.35. The van der Waals surface area contributed by atoms with Crippen LogP contribution in [-0.4, -0.2) is 44.0 Å². The van der Waals surface area contributed by atoms with Crippen molar-refractivity contribution in [1.29, 1.82) is 0 Å². The van der Waals surface area contributed by atoms with Gasteiger partial charge in [-0.15, -0.1) is 0 Å². The van der Waals surface area contributed by atoms with E-state index in [-0.39, 0.29) is 5.91 Å². The number of benzene rings is 2. The topological polar surface area (TPSA) is 35.6 Å². The summed E-state index contributed by atoms with van der Waals surface area (Å²) in [4.78, 5) is 17.1. The van der Waals surface area contributed by atoms with Crippen molar-refractivity contribution in [3.8, 4) is 0 Å². The van der Waals surface area contributed by atoms with Gasteiger partial charge in [-0.25, -0.2) is 0 Å². The molecule has 120 valence electrons. The zero-order valence-electron chi connectivity index (χ0n) is 13.1. The summed E-state index contributed by atoms with van der Waals surface area (Å²) in [6.07, 6.45) is 0. The Hall–Kier alpha value is -1.85. The highest BCUT2D eigenvalue weighted by atomic mass is 79.9. The number of likely N-dealkylation sites (N-methyl/N-ethyl adjacent to an activating group) is 1. The van der Waals surface area contributed by atoms with Crippen LogP contribution in [0, 0.1) is 0 Å². The van der Waals surface area contributed by atoms with Gasteiger partial charge in [0.1, 0.15) is 0 Å². The van der Waals surface area contributed by atoms with Crippen molar-refractivity contribution >= 4 is 33.2 Å².